The predicted octanol–water partition coefficient (Wildman–Crippen LogP) is 3.29. The van der Waals surface area contributed by atoms with Gasteiger partial charge in [0.2, 0.25) is 0 Å². The van der Waals surface area contributed by atoms with Gasteiger partial charge in [-0.3, -0.25) is 13.7 Å². The predicted molar refractivity (Wildman–Crippen MR) is 64.7 cm³/mol. The molecule has 0 radical (unpaired) electrons. The van der Waals surface area contributed by atoms with Crippen LogP contribution in [-0.4, -0.2) is 23.0 Å². The highest BCUT2D eigenvalue weighted by atomic mass is 35.5. The molecule has 1 heterocycles. The molecule has 1 rings (SSSR count). The van der Waals surface area contributed by atoms with Crippen LogP contribution in [-0.2, 0) is 20.7 Å². The number of aromatic nitrogens is 2. The lowest BCUT2D eigenvalue weighted by molar-refractivity contribution is 0.165. The molecule has 9 heteroatoms. The first-order valence-electron chi connectivity index (χ1n) is 4.90. The van der Waals surface area contributed by atoms with Crippen molar-refractivity contribution in [1.82, 2.24) is 9.78 Å². The number of hydrogen-bond acceptors (Lipinski definition) is 5. The zero-order valence-corrected chi connectivity index (χ0v) is 12.1. The smallest absolute Gasteiger partial charge is 0.382 e. The third-order valence-electron chi connectivity index (χ3n) is 1.67. The average molecular weight is 303 g/mol. The molecule has 6 nitrogen and oxygen atoms in total. The molecule has 0 atom stereocenters. The molecule has 0 aliphatic carbocycles. The fourth-order valence-corrected chi connectivity index (χ4v) is 2.55. The Morgan fingerprint density at radius 1 is 1.29 bits per heavy atom. The van der Waals surface area contributed by atoms with E-state index in [1.807, 2.05) is 0 Å². The molecule has 1 aromatic heterocycles. The van der Waals surface area contributed by atoms with Crippen LogP contribution in [0.25, 0.3) is 0 Å². The van der Waals surface area contributed by atoms with Crippen molar-refractivity contribution in [2.75, 3.05) is 13.2 Å². The van der Waals surface area contributed by atoms with Crippen LogP contribution in [0.1, 0.15) is 13.8 Å². The van der Waals surface area contributed by atoms with Crippen LogP contribution in [0.3, 0.4) is 0 Å². The maximum absolute atomic E-state index is 12.0. The Balaban J connectivity index is 2.93. The summed E-state index contributed by atoms with van der Waals surface area (Å²) in [5, 5.41) is 4.10. The summed E-state index contributed by atoms with van der Waals surface area (Å²) in [6.45, 7) is 3.69. The van der Waals surface area contributed by atoms with E-state index in [0.717, 1.165) is 0 Å². The number of rotatable bonds is 6. The number of phosphoric ester groups is 1. The van der Waals surface area contributed by atoms with Gasteiger partial charge in [-0.05, 0) is 13.8 Å². The highest BCUT2D eigenvalue weighted by Crippen LogP contribution is 2.50. The van der Waals surface area contributed by atoms with Gasteiger partial charge in [-0.25, -0.2) is 4.57 Å². The van der Waals surface area contributed by atoms with Gasteiger partial charge < -0.3 is 4.52 Å². The van der Waals surface area contributed by atoms with Gasteiger partial charge in [0.15, 0.2) is 0 Å². The molecular formula is C8H13Cl2N2O4P. The third kappa shape index (κ3) is 3.60. The number of nitrogens with zero attached hydrogens (tertiary/aromatic N) is 2. The Hall–Kier alpha value is -0.260. The van der Waals surface area contributed by atoms with Crippen molar-refractivity contribution < 1.29 is 18.1 Å². The maximum Gasteiger partial charge on any atom is 0.531 e. The molecule has 0 saturated carbocycles. The molecule has 0 aromatic carbocycles. The fraction of sp³-hybridized carbons (Fsp3) is 0.625. The van der Waals surface area contributed by atoms with Gasteiger partial charge >= 0.3 is 7.82 Å². The summed E-state index contributed by atoms with van der Waals surface area (Å²) in [5.74, 6) is -0.0793. The van der Waals surface area contributed by atoms with Gasteiger partial charge in [-0.1, -0.05) is 23.2 Å². The van der Waals surface area contributed by atoms with Crippen molar-refractivity contribution in [3.63, 3.8) is 0 Å². The van der Waals surface area contributed by atoms with E-state index in [9.17, 15) is 4.57 Å². The summed E-state index contributed by atoms with van der Waals surface area (Å²) in [5.41, 5.74) is 0. The zero-order chi connectivity index (χ0) is 13.1. The van der Waals surface area contributed by atoms with Crippen LogP contribution < -0.4 is 4.52 Å². The number of hydrogen-bond donors (Lipinski definition) is 0. The van der Waals surface area contributed by atoms with Gasteiger partial charge in [0, 0.05) is 7.05 Å². The minimum Gasteiger partial charge on any atom is -0.382 e. The third-order valence-corrected chi connectivity index (χ3v) is 4.08. The van der Waals surface area contributed by atoms with Crippen LogP contribution in [0.5, 0.6) is 5.88 Å². The molecule has 0 N–H and O–H groups in total. The quantitative estimate of drug-likeness (QED) is 0.755. The average Bonchev–Trinajstić information content (AvgIpc) is 2.47. The van der Waals surface area contributed by atoms with Gasteiger partial charge in [0.1, 0.15) is 10.2 Å². The Morgan fingerprint density at radius 3 is 2.18 bits per heavy atom. The van der Waals surface area contributed by atoms with E-state index in [1.54, 1.807) is 20.9 Å². The van der Waals surface area contributed by atoms with Crippen LogP contribution in [0, 0.1) is 0 Å². The molecule has 0 unspecified atom stereocenters. The van der Waals surface area contributed by atoms with E-state index in [-0.39, 0.29) is 29.3 Å². The molecule has 0 bridgehead atoms. The summed E-state index contributed by atoms with van der Waals surface area (Å²) in [4.78, 5) is 0. The lowest BCUT2D eigenvalue weighted by atomic mass is 10.7. The zero-order valence-electron chi connectivity index (χ0n) is 9.64. The van der Waals surface area contributed by atoms with Crippen molar-refractivity contribution in [3.8, 4) is 5.88 Å². The molecule has 0 spiro atoms. The molecule has 17 heavy (non-hydrogen) atoms. The van der Waals surface area contributed by atoms with Crippen LogP contribution in [0.4, 0.5) is 0 Å². The highest BCUT2D eigenvalue weighted by Gasteiger charge is 2.30. The van der Waals surface area contributed by atoms with Crippen molar-refractivity contribution >= 4 is 31.0 Å². The van der Waals surface area contributed by atoms with Gasteiger partial charge in [-0.2, -0.15) is 0 Å². The summed E-state index contributed by atoms with van der Waals surface area (Å²) < 4.78 is 28.3. The molecular weight excluding hydrogens is 290 g/mol. The molecule has 0 aliphatic heterocycles. The molecule has 1 aromatic rings. The Labute approximate surface area is 109 Å². The highest BCUT2D eigenvalue weighted by molar-refractivity contribution is 7.48. The normalized spacial score (nSPS) is 11.8. The van der Waals surface area contributed by atoms with Crippen molar-refractivity contribution in [1.29, 1.82) is 0 Å². The largest absolute Gasteiger partial charge is 0.531 e. The lowest BCUT2D eigenvalue weighted by Crippen LogP contribution is -2.03. The number of aryl methyl sites for hydroxylation is 1. The second-order valence-electron chi connectivity index (χ2n) is 2.91. The molecule has 0 amide bonds. The first-order valence-corrected chi connectivity index (χ1v) is 7.11. The van der Waals surface area contributed by atoms with Crippen molar-refractivity contribution in [2.24, 2.45) is 7.05 Å². The Morgan fingerprint density at radius 2 is 1.82 bits per heavy atom. The minimum absolute atomic E-state index is 0.0637. The minimum atomic E-state index is -3.69. The summed E-state index contributed by atoms with van der Waals surface area (Å²) >= 11 is 11.6. The molecule has 0 aliphatic rings. The fourth-order valence-electron chi connectivity index (χ4n) is 1.02. The van der Waals surface area contributed by atoms with Crippen molar-refractivity contribution in [2.45, 2.75) is 13.8 Å². The summed E-state index contributed by atoms with van der Waals surface area (Å²) in [6.07, 6.45) is 0. The SMILES string of the molecule is CCOP(=O)(OCC)Oc1nn(C)c(Cl)c1Cl. The van der Waals surface area contributed by atoms with Gasteiger partial charge in [0.05, 0.1) is 13.2 Å². The van der Waals surface area contributed by atoms with Gasteiger partial charge in [0.25, 0.3) is 5.88 Å². The van der Waals surface area contributed by atoms with E-state index in [4.69, 9.17) is 36.8 Å². The number of phosphoric acid groups is 1. The van der Waals surface area contributed by atoms with Gasteiger partial charge in [-0.15, -0.1) is 5.10 Å². The van der Waals surface area contributed by atoms with E-state index in [0.29, 0.717) is 0 Å². The van der Waals surface area contributed by atoms with Crippen molar-refractivity contribution in [3.05, 3.63) is 10.2 Å². The Bertz CT molecular complexity index is 427. The monoisotopic (exact) mass is 302 g/mol. The van der Waals surface area contributed by atoms with E-state index in [2.05, 4.69) is 5.10 Å². The first kappa shape index (κ1) is 14.8. The van der Waals surface area contributed by atoms with E-state index < -0.39 is 7.82 Å². The lowest BCUT2D eigenvalue weighted by Gasteiger charge is -2.15. The summed E-state index contributed by atoms with van der Waals surface area (Å²) in [7, 11) is -2.12. The molecule has 98 valence electrons. The van der Waals surface area contributed by atoms with E-state index >= 15 is 0 Å². The maximum atomic E-state index is 12.0. The second-order valence-corrected chi connectivity index (χ2v) is 5.24. The topological polar surface area (TPSA) is 62.6 Å². The van der Waals surface area contributed by atoms with Crippen LogP contribution >= 0.6 is 31.0 Å². The Kier molecular flexibility index (Phi) is 5.28. The standard InChI is InChI=1S/C8H13Cl2N2O4P/c1-4-14-17(13,15-5-2)16-8-6(9)7(10)12(3)11-8/h4-5H2,1-3H3. The van der Waals surface area contributed by atoms with Crippen LogP contribution in [0.2, 0.25) is 10.2 Å². The second kappa shape index (κ2) is 6.07. The summed E-state index contributed by atoms with van der Waals surface area (Å²) in [6, 6.07) is 0. The molecule has 0 fully saturated rings. The van der Waals surface area contributed by atoms with E-state index in [1.165, 1.54) is 4.68 Å². The molecule has 0 saturated heterocycles. The van der Waals surface area contributed by atoms with Crippen LogP contribution in [0.15, 0.2) is 0 Å². The first-order chi connectivity index (χ1) is 7.93. The number of halogens is 2.